The highest BCUT2D eigenvalue weighted by atomic mass is 16.5. The third kappa shape index (κ3) is 4.95. The maximum atomic E-state index is 12.7. The molecule has 0 aliphatic carbocycles. The van der Waals surface area contributed by atoms with E-state index in [0.29, 0.717) is 24.4 Å². The number of rotatable bonds is 8. The van der Waals surface area contributed by atoms with Gasteiger partial charge in [-0.2, -0.15) is 0 Å². The molecule has 140 valence electrons. The minimum absolute atomic E-state index is 0.272. The van der Waals surface area contributed by atoms with E-state index in [1.807, 2.05) is 44.2 Å². The lowest BCUT2D eigenvalue weighted by atomic mass is 9.95. The van der Waals surface area contributed by atoms with E-state index in [0.717, 1.165) is 17.7 Å². The summed E-state index contributed by atoms with van der Waals surface area (Å²) in [5, 5.41) is 5.64. The van der Waals surface area contributed by atoms with Gasteiger partial charge in [-0.1, -0.05) is 49.4 Å². The number of hydrogen-bond donors (Lipinski definition) is 2. The molecule has 1 aromatic rings. The van der Waals surface area contributed by atoms with Crippen LogP contribution in [0.15, 0.2) is 53.8 Å². The first-order valence-electron chi connectivity index (χ1n) is 8.85. The number of likely N-dealkylation sites (N-methyl/N-ethyl adjacent to an activating group) is 1. The van der Waals surface area contributed by atoms with Gasteiger partial charge in [-0.15, -0.1) is 0 Å². The van der Waals surface area contributed by atoms with Gasteiger partial charge >= 0.3 is 12.0 Å². The Morgan fingerprint density at radius 1 is 1.27 bits per heavy atom. The Labute approximate surface area is 154 Å². The van der Waals surface area contributed by atoms with Gasteiger partial charge in [0.2, 0.25) is 0 Å². The smallest absolute Gasteiger partial charge is 0.338 e. The van der Waals surface area contributed by atoms with E-state index in [-0.39, 0.29) is 12.6 Å². The van der Waals surface area contributed by atoms with Crippen molar-refractivity contribution >= 4 is 12.0 Å². The Kier molecular flexibility index (Phi) is 6.97. The number of benzene rings is 1. The number of urea groups is 1. The number of esters is 1. The molecule has 0 unspecified atom stereocenters. The van der Waals surface area contributed by atoms with Gasteiger partial charge in [-0.05, 0) is 26.0 Å². The number of nitrogens with one attached hydrogen (secondary N) is 2. The highest BCUT2D eigenvalue weighted by molar-refractivity contribution is 5.95. The molecular weight excluding hydrogens is 330 g/mol. The molecule has 0 radical (unpaired) electrons. The zero-order valence-electron chi connectivity index (χ0n) is 15.7. The lowest BCUT2D eigenvalue weighted by molar-refractivity contribution is -0.139. The highest BCUT2D eigenvalue weighted by Gasteiger charge is 2.34. The van der Waals surface area contributed by atoms with Crippen LogP contribution in [0.1, 0.15) is 32.4 Å². The van der Waals surface area contributed by atoms with Crippen molar-refractivity contribution in [1.29, 1.82) is 0 Å². The fourth-order valence-electron chi connectivity index (χ4n) is 2.97. The Hall–Kier alpha value is -2.60. The summed E-state index contributed by atoms with van der Waals surface area (Å²) in [6.45, 7) is 11.9. The minimum Gasteiger partial charge on any atom is -0.463 e. The van der Waals surface area contributed by atoms with E-state index in [9.17, 15) is 9.59 Å². The number of ether oxygens (including phenoxy) is 1. The molecule has 0 aromatic heterocycles. The normalized spacial score (nSPS) is 16.9. The topological polar surface area (TPSA) is 70.7 Å². The third-order valence-corrected chi connectivity index (χ3v) is 4.10. The molecular formula is C20H27N3O3. The molecule has 2 rings (SSSR count). The van der Waals surface area contributed by atoms with E-state index in [2.05, 4.69) is 22.1 Å². The largest absolute Gasteiger partial charge is 0.463 e. The molecule has 0 fully saturated rings. The van der Waals surface area contributed by atoms with Crippen LogP contribution in [0.25, 0.3) is 0 Å². The summed E-state index contributed by atoms with van der Waals surface area (Å²) < 4.78 is 5.27. The molecule has 1 aromatic carbocycles. The Morgan fingerprint density at radius 3 is 2.54 bits per heavy atom. The molecule has 6 heteroatoms. The lowest BCUT2D eigenvalue weighted by Crippen LogP contribution is -2.48. The number of carbonyl (C=O) groups is 2. The molecule has 1 aliphatic rings. The van der Waals surface area contributed by atoms with Crippen molar-refractivity contribution in [1.82, 2.24) is 15.5 Å². The van der Waals surface area contributed by atoms with E-state index in [4.69, 9.17) is 4.74 Å². The molecule has 0 saturated carbocycles. The van der Waals surface area contributed by atoms with Crippen LogP contribution in [0.4, 0.5) is 4.79 Å². The van der Waals surface area contributed by atoms with Crippen LogP contribution in [0.5, 0.6) is 0 Å². The van der Waals surface area contributed by atoms with Crippen molar-refractivity contribution in [3.63, 3.8) is 0 Å². The van der Waals surface area contributed by atoms with Crippen molar-refractivity contribution < 1.29 is 14.3 Å². The second-order valence-corrected chi connectivity index (χ2v) is 6.32. The summed E-state index contributed by atoms with van der Waals surface area (Å²) in [7, 11) is 0. The zero-order valence-corrected chi connectivity index (χ0v) is 15.7. The molecule has 0 spiro atoms. The quantitative estimate of drug-likeness (QED) is 0.554. The third-order valence-electron chi connectivity index (χ3n) is 4.10. The van der Waals surface area contributed by atoms with Crippen LogP contribution in [-0.2, 0) is 9.53 Å². The minimum atomic E-state index is -0.539. The number of hydrogen-bond acceptors (Lipinski definition) is 4. The first kappa shape index (κ1) is 19.7. The van der Waals surface area contributed by atoms with Gasteiger partial charge in [0.15, 0.2) is 0 Å². The lowest BCUT2D eigenvalue weighted by Gasteiger charge is -2.32. The predicted octanol–water partition coefficient (Wildman–Crippen LogP) is 2.76. The van der Waals surface area contributed by atoms with Crippen LogP contribution in [0.2, 0.25) is 0 Å². The molecule has 1 atom stereocenters. The maximum Gasteiger partial charge on any atom is 0.338 e. The van der Waals surface area contributed by atoms with Gasteiger partial charge in [0.25, 0.3) is 0 Å². The fraction of sp³-hybridized carbons (Fsp3) is 0.400. The highest BCUT2D eigenvalue weighted by Crippen LogP contribution is 2.28. The fourth-order valence-corrected chi connectivity index (χ4v) is 2.97. The molecule has 1 heterocycles. The second kappa shape index (κ2) is 9.20. The van der Waals surface area contributed by atoms with Crippen molar-refractivity contribution in [2.45, 2.75) is 26.8 Å². The number of carbonyl (C=O) groups excluding carboxylic acids is 2. The van der Waals surface area contributed by atoms with Gasteiger partial charge in [-0.25, -0.2) is 9.59 Å². The average Bonchev–Trinajstić information content (AvgIpc) is 2.61. The van der Waals surface area contributed by atoms with Gasteiger partial charge in [0.05, 0.1) is 18.2 Å². The maximum absolute atomic E-state index is 12.7. The molecule has 6 nitrogen and oxygen atoms in total. The molecule has 2 N–H and O–H groups in total. The molecule has 26 heavy (non-hydrogen) atoms. The molecule has 1 aliphatic heterocycles. The summed E-state index contributed by atoms with van der Waals surface area (Å²) >= 11 is 0. The van der Waals surface area contributed by atoms with Crippen LogP contribution < -0.4 is 10.6 Å². The molecule has 2 amide bonds. The van der Waals surface area contributed by atoms with Crippen LogP contribution in [0.3, 0.4) is 0 Å². The number of nitrogens with zero attached hydrogens (tertiary/aromatic N) is 1. The molecule has 0 bridgehead atoms. The van der Waals surface area contributed by atoms with E-state index in [1.54, 1.807) is 6.92 Å². The summed E-state index contributed by atoms with van der Waals surface area (Å²) in [6.07, 6.45) is 0. The Bertz CT molecular complexity index is 698. The SMILES string of the molecule is C=C(C)CN(CC)CC1=C(C(=O)OCC)[C@H](c2ccccc2)NC(=O)N1. The first-order valence-corrected chi connectivity index (χ1v) is 8.85. The summed E-state index contributed by atoms with van der Waals surface area (Å²) in [5.74, 6) is -0.421. The van der Waals surface area contributed by atoms with Crippen molar-refractivity contribution in [3.8, 4) is 0 Å². The van der Waals surface area contributed by atoms with Gasteiger partial charge in [-0.3, -0.25) is 4.90 Å². The van der Waals surface area contributed by atoms with Gasteiger partial charge in [0.1, 0.15) is 0 Å². The second-order valence-electron chi connectivity index (χ2n) is 6.32. The number of amides is 2. The van der Waals surface area contributed by atoms with Gasteiger partial charge in [0, 0.05) is 18.8 Å². The van der Waals surface area contributed by atoms with E-state index < -0.39 is 12.0 Å². The summed E-state index contributed by atoms with van der Waals surface area (Å²) in [4.78, 5) is 27.0. The van der Waals surface area contributed by atoms with E-state index >= 15 is 0 Å². The first-order chi connectivity index (χ1) is 12.5. The Balaban J connectivity index is 2.45. The predicted molar refractivity (Wildman–Crippen MR) is 101 cm³/mol. The zero-order chi connectivity index (χ0) is 19.1. The van der Waals surface area contributed by atoms with E-state index in [1.165, 1.54) is 0 Å². The van der Waals surface area contributed by atoms with Crippen LogP contribution in [-0.4, -0.2) is 43.1 Å². The van der Waals surface area contributed by atoms with Crippen LogP contribution >= 0.6 is 0 Å². The summed E-state index contributed by atoms with van der Waals surface area (Å²) in [6, 6.07) is 8.57. The average molecular weight is 357 g/mol. The standard InChI is InChI=1S/C20H27N3O3/c1-5-23(12-14(3)4)13-16-17(19(24)26-6-2)18(22-20(25)21-16)15-10-8-7-9-11-15/h7-11,18H,3,5-6,12-13H2,1-2,4H3,(H2,21,22,25)/t18-/m0/s1. The van der Waals surface area contributed by atoms with Crippen molar-refractivity contribution in [2.75, 3.05) is 26.2 Å². The van der Waals surface area contributed by atoms with Crippen LogP contribution in [0, 0.1) is 0 Å². The van der Waals surface area contributed by atoms with Gasteiger partial charge < -0.3 is 15.4 Å². The Morgan fingerprint density at radius 2 is 1.96 bits per heavy atom. The van der Waals surface area contributed by atoms with Crippen molar-refractivity contribution in [2.24, 2.45) is 0 Å². The summed E-state index contributed by atoms with van der Waals surface area (Å²) in [5.41, 5.74) is 2.87. The molecule has 0 saturated heterocycles. The van der Waals surface area contributed by atoms with Crippen molar-refractivity contribution in [3.05, 3.63) is 59.3 Å². The monoisotopic (exact) mass is 357 g/mol.